The third-order valence-corrected chi connectivity index (χ3v) is 8.05. The van der Waals surface area contributed by atoms with E-state index in [1.54, 1.807) is 6.07 Å². The minimum absolute atomic E-state index is 0.0922. The first-order chi connectivity index (χ1) is 17.3. The van der Waals surface area contributed by atoms with E-state index in [4.69, 9.17) is 21.1 Å². The molecule has 2 aromatic carbocycles. The van der Waals surface area contributed by atoms with Gasteiger partial charge in [0.25, 0.3) is 17.7 Å². The van der Waals surface area contributed by atoms with Crippen LogP contribution >= 0.6 is 27.5 Å². The third kappa shape index (κ3) is 4.28. The number of nitrogens with one attached hydrogen (secondary N) is 1. The number of ether oxygens (including phenoxy) is 2. The lowest BCUT2D eigenvalue weighted by Crippen LogP contribution is -2.28. The predicted molar refractivity (Wildman–Crippen MR) is 133 cm³/mol. The molecule has 0 aromatic heterocycles. The number of rotatable bonds is 7. The van der Waals surface area contributed by atoms with E-state index >= 15 is 0 Å². The number of imide groups is 1. The van der Waals surface area contributed by atoms with Crippen LogP contribution in [0.1, 0.15) is 12.0 Å². The van der Waals surface area contributed by atoms with Crippen molar-refractivity contribution in [3.8, 4) is 11.5 Å². The van der Waals surface area contributed by atoms with Gasteiger partial charge in [-0.05, 0) is 64.5 Å². The molecule has 3 aliphatic rings. The number of carbonyl (C=O) groups excluding carboxylic acids is 3. The highest BCUT2D eigenvalue weighted by atomic mass is 79.9. The second kappa shape index (κ2) is 9.67. The topological polar surface area (TPSA) is 97.3 Å². The fraction of sp³-hybridized carbons (Fsp3) is 0.280. The highest BCUT2D eigenvalue weighted by Gasteiger charge is 2.59. The van der Waals surface area contributed by atoms with Crippen molar-refractivity contribution < 1.29 is 28.2 Å². The van der Waals surface area contributed by atoms with Crippen LogP contribution in [0.15, 0.2) is 52.1 Å². The summed E-state index contributed by atoms with van der Waals surface area (Å²) >= 11 is 9.86. The molecule has 1 N–H and O–H groups in total. The number of carbonyl (C=O) groups is 3. The van der Waals surface area contributed by atoms with Crippen LogP contribution in [-0.4, -0.2) is 42.7 Å². The van der Waals surface area contributed by atoms with Gasteiger partial charge in [-0.3, -0.25) is 14.4 Å². The molecule has 2 fully saturated rings. The minimum atomic E-state index is -0.485. The quantitative estimate of drug-likeness (QED) is 0.299. The van der Waals surface area contributed by atoms with Crippen molar-refractivity contribution >= 4 is 57.2 Å². The number of hydrogen-bond donors (Lipinski definition) is 1. The summed E-state index contributed by atoms with van der Waals surface area (Å²) in [6.07, 6.45) is 6.23. The van der Waals surface area contributed by atoms with E-state index in [0.29, 0.717) is 15.7 Å². The average molecular weight is 577 g/mol. The minimum Gasteiger partial charge on any atom is -0.493 e. The van der Waals surface area contributed by atoms with Gasteiger partial charge in [0.1, 0.15) is 10.8 Å². The van der Waals surface area contributed by atoms with Crippen molar-refractivity contribution in [1.29, 1.82) is 0 Å². The predicted octanol–water partition coefficient (Wildman–Crippen LogP) is 4.41. The van der Waals surface area contributed by atoms with Gasteiger partial charge in [0.2, 0.25) is 0 Å². The number of fused-ring (bicyclic) bond motifs is 5. The number of amides is 3. The molecule has 2 aromatic rings. The molecule has 0 unspecified atom stereocenters. The molecule has 2 aliphatic carbocycles. The molecule has 186 valence electrons. The Morgan fingerprint density at radius 1 is 1.22 bits per heavy atom. The Morgan fingerprint density at radius 2 is 1.86 bits per heavy atom. The van der Waals surface area contributed by atoms with Crippen LogP contribution in [-0.2, 0) is 14.4 Å². The average Bonchev–Trinajstić information content (AvgIpc) is 3.55. The molecule has 4 atom stereocenters. The second-order valence-electron chi connectivity index (χ2n) is 8.70. The van der Waals surface area contributed by atoms with Crippen molar-refractivity contribution in [3.05, 3.63) is 63.4 Å². The van der Waals surface area contributed by atoms with Crippen LogP contribution in [0.3, 0.4) is 0 Å². The molecule has 1 aliphatic heterocycles. The van der Waals surface area contributed by atoms with Gasteiger partial charge < -0.3 is 14.8 Å². The van der Waals surface area contributed by atoms with Crippen LogP contribution in [0.4, 0.5) is 10.1 Å². The molecule has 11 heteroatoms. The number of hydrogen-bond acceptors (Lipinski definition) is 6. The molecule has 5 rings (SSSR count). The SMILES string of the molecule is COc1cc(C=NN2C(=O)[C@@H]3[C@H](C2=O)[C@H]2C=C[C@H]3C2)c(Br)c(Cl)c1OCC(=O)Nc1ccc(F)cc1. The fourth-order valence-corrected chi connectivity index (χ4v) is 5.63. The lowest BCUT2D eigenvalue weighted by molar-refractivity contribution is -0.140. The summed E-state index contributed by atoms with van der Waals surface area (Å²) in [5.41, 5.74) is 0.855. The molecule has 3 amide bonds. The van der Waals surface area contributed by atoms with E-state index in [9.17, 15) is 18.8 Å². The molecule has 0 radical (unpaired) electrons. The number of benzene rings is 2. The van der Waals surface area contributed by atoms with Crippen molar-refractivity contribution in [2.24, 2.45) is 28.8 Å². The Balaban J connectivity index is 1.30. The molecule has 0 spiro atoms. The fourth-order valence-electron chi connectivity index (χ4n) is 4.97. The smallest absolute Gasteiger partial charge is 0.262 e. The van der Waals surface area contributed by atoms with Gasteiger partial charge in [0.05, 0.1) is 25.2 Å². The van der Waals surface area contributed by atoms with Gasteiger partial charge in [-0.2, -0.15) is 10.1 Å². The van der Waals surface area contributed by atoms with Crippen molar-refractivity contribution in [1.82, 2.24) is 5.01 Å². The van der Waals surface area contributed by atoms with Crippen LogP contribution in [0.2, 0.25) is 5.02 Å². The van der Waals surface area contributed by atoms with E-state index in [1.807, 2.05) is 12.2 Å². The highest BCUT2D eigenvalue weighted by molar-refractivity contribution is 9.10. The van der Waals surface area contributed by atoms with Gasteiger partial charge in [-0.15, -0.1) is 0 Å². The van der Waals surface area contributed by atoms with E-state index in [-0.39, 0.29) is 58.6 Å². The Morgan fingerprint density at radius 3 is 2.47 bits per heavy atom. The monoisotopic (exact) mass is 575 g/mol. The molecular formula is C25H20BrClFN3O5. The largest absolute Gasteiger partial charge is 0.493 e. The molecule has 36 heavy (non-hydrogen) atoms. The lowest BCUT2D eigenvalue weighted by atomic mass is 9.85. The molecule has 1 saturated carbocycles. The normalized spacial score (nSPS) is 24.1. The number of anilines is 1. The van der Waals surface area contributed by atoms with Crippen LogP contribution in [0.5, 0.6) is 11.5 Å². The lowest BCUT2D eigenvalue weighted by Gasteiger charge is -2.15. The maximum Gasteiger partial charge on any atom is 0.262 e. The maximum absolute atomic E-state index is 13.0. The zero-order valence-corrected chi connectivity index (χ0v) is 21.3. The van der Waals surface area contributed by atoms with Crippen molar-refractivity contribution in [2.75, 3.05) is 19.0 Å². The van der Waals surface area contributed by atoms with Crippen molar-refractivity contribution in [3.63, 3.8) is 0 Å². The summed E-state index contributed by atoms with van der Waals surface area (Å²) in [5, 5.41) is 7.82. The number of halogens is 3. The van der Waals surface area contributed by atoms with Crippen LogP contribution in [0, 0.1) is 29.5 Å². The highest BCUT2D eigenvalue weighted by Crippen LogP contribution is 2.52. The van der Waals surface area contributed by atoms with Gasteiger partial charge in [0.15, 0.2) is 18.1 Å². The summed E-state index contributed by atoms with van der Waals surface area (Å²) in [4.78, 5) is 38.0. The second-order valence-corrected chi connectivity index (χ2v) is 9.87. The number of hydrazone groups is 1. The summed E-state index contributed by atoms with van der Waals surface area (Å²) in [5.74, 6) is -1.66. The first kappa shape index (κ1) is 24.5. The zero-order valence-electron chi connectivity index (χ0n) is 18.9. The van der Waals surface area contributed by atoms with Crippen LogP contribution < -0.4 is 14.8 Å². The zero-order chi connectivity index (χ0) is 25.6. The van der Waals surface area contributed by atoms with Crippen molar-refractivity contribution in [2.45, 2.75) is 6.42 Å². The summed E-state index contributed by atoms with van der Waals surface area (Å²) in [6.45, 7) is -0.386. The first-order valence-corrected chi connectivity index (χ1v) is 12.3. The summed E-state index contributed by atoms with van der Waals surface area (Å²) in [6, 6.07) is 6.87. The molecule has 1 saturated heterocycles. The van der Waals surface area contributed by atoms with E-state index < -0.39 is 11.7 Å². The Hall–Kier alpha value is -3.24. The van der Waals surface area contributed by atoms with E-state index in [1.165, 1.54) is 37.6 Å². The molecule has 1 heterocycles. The standard InChI is InChI=1S/C25H20BrClFN3O5/c1-35-17-9-14(10-29-31-24(33)19-12-2-3-13(8-12)20(19)25(31)34)21(26)22(27)23(17)36-11-18(32)30-16-6-4-15(28)5-7-16/h2-7,9-10,12-13,19-20H,8,11H2,1H3,(H,30,32)/t12-,13-,19-,20+/m0/s1. The van der Waals surface area contributed by atoms with Gasteiger partial charge >= 0.3 is 0 Å². The maximum atomic E-state index is 13.0. The third-order valence-electron chi connectivity index (χ3n) is 6.61. The summed E-state index contributed by atoms with van der Waals surface area (Å²) in [7, 11) is 1.41. The molecular weight excluding hydrogens is 557 g/mol. The van der Waals surface area contributed by atoms with Gasteiger partial charge in [-0.1, -0.05) is 23.8 Å². The number of allylic oxidation sites excluding steroid dienone is 2. The van der Waals surface area contributed by atoms with Gasteiger partial charge in [0, 0.05) is 15.7 Å². The molecule has 8 nitrogen and oxygen atoms in total. The molecule has 2 bridgehead atoms. The summed E-state index contributed by atoms with van der Waals surface area (Å²) < 4.78 is 24.4. The Kier molecular flexibility index (Phi) is 6.57. The van der Waals surface area contributed by atoms with E-state index in [2.05, 4.69) is 26.3 Å². The van der Waals surface area contributed by atoms with E-state index in [0.717, 1.165) is 11.4 Å². The Bertz CT molecular complexity index is 1290. The van der Waals surface area contributed by atoms with Gasteiger partial charge in [-0.25, -0.2) is 4.39 Å². The van der Waals surface area contributed by atoms with Crippen LogP contribution in [0.25, 0.3) is 0 Å². The number of methoxy groups -OCH3 is 1. The number of nitrogens with zero attached hydrogens (tertiary/aromatic N) is 2. The first-order valence-electron chi connectivity index (χ1n) is 11.1. The Labute approximate surface area is 219 Å².